The highest BCUT2D eigenvalue weighted by Crippen LogP contribution is 2.37. The molecule has 0 aliphatic rings. The zero-order valence-electron chi connectivity index (χ0n) is 45.9. The van der Waals surface area contributed by atoms with E-state index in [4.69, 9.17) is 33.6 Å². The van der Waals surface area contributed by atoms with Crippen LogP contribution in [0.4, 0.5) is 0 Å². The molecule has 0 amide bonds. The smallest absolute Gasteiger partial charge is 0.330 e. The number of aryl methyl sites for hydroxylation is 2. The van der Waals surface area contributed by atoms with Gasteiger partial charge in [-0.1, -0.05) is 143 Å². The zero-order valence-corrected chi connectivity index (χ0v) is 45.9. The third-order valence-electron chi connectivity index (χ3n) is 13.0. The summed E-state index contributed by atoms with van der Waals surface area (Å²) in [6.45, 7) is 21.2. The largest absolute Gasteiger partial charge is 0.497 e. The Hall–Kier alpha value is -9.61. The maximum Gasteiger partial charge on any atom is 0.330 e. The van der Waals surface area contributed by atoms with Crippen LogP contribution in [0.5, 0.6) is 34.5 Å². The minimum absolute atomic E-state index is 0.00617. The minimum Gasteiger partial charge on any atom is -0.497 e. The first kappa shape index (κ1) is 60.3. The Morgan fingerprint density at radius 1 is 0.443 bits per heavy atom. The Morgan fingerprint density at radius 2 is 0.747 bits per heavy atom. The third-order valence-corrected chi connectivity index (χ3v) is 13.0. The van der Waals surface area contributed by atoms with E-state index in [9.17, 15) is 19.2 Å². The fourth-order valence-electron chi connectivity index (χ4n) is 8.07. The molecule has 79 heavy (non-hydrogen) atoms. The fourth-order valence-corrected chi connectivity index (χ4v) is 8.07. The molecule has 0 heterocycles. The molecule has 0 aliphatic heterocycles. The van der Waals surface area contributed by atoms with Crippen LogP contribution in [0.15, 0.2) is 213 Å². The number of carbonyl (C=O) groups is 5. The molecule has 0 spiro atoms. The van der Waals surface area contributed by atoms with Gasteiger partial charge in [0.1, 0.15) is 47.9 Å². The SMILES string of the molecule is C=CC(=O)O.C=CC(=O)OCc1cc(C(C)(C)c2ccc(Oc3ccc(C(=O)c4ccc(C)cc4)cc3)cc2)ccc1OC.C=O.COc1ccc(C(C)(C)c2ccc(Oc3ccc(C(=O)c4ccc(C)cc4)cc3)cc2)cc1. The Morgan fingerprint density at radius 3 is 1.06 bits per heavy atom. The third kappa shape index (κ3) is 16.7. The topological polar surface area (TPSA) is 152 Å². The van der Waals surface area contributed by atoms with Crippen LogP contribution in [0, 0.1) is 13.8 Å². The molecule has 0 aliphatic carbocycles. The van der Waals surface area contributed by atoms with Gasteiger partial charge in [-0.05, 0) is 133 Å². The first-order valence-electron chi connectivity index (χ1n) is 25.1. The molecule has 0 saturated heterocycles. The number of carboxylic acids is 1. The Kier molecular flexibility index (Phi) is 21.7. The second-order valence-corrected chi connectivity index (χ2v) is 19.1. The maximum atomic E-state index is 12.7. The van der Waals surface area contributed by atoms with Crippen LogP contribution in [0.2, 0.25) is 0 Å². The second kappa shape index (κ2) is 28.5. The van der Waals surface area contributed by atoms with Crippen LogP contribution in [0.1, 0.15) is 98.5 Å². The van der Waals surface area contributed by atoms with Gasteiger partial charge in [0.15, 0.2) is 11.6 Å². The van der Waals surface area contributed by atoms with Gasteiger partial charge in [-0.15, -0.1) is 0 Å². The lowest BCUT2D eigenvalue weighted by Crippen LogP contribution is -2.19. The predicted molar refractivity (Wildman–Crippen MR) is 310 cm³/mol. The van der Waals surface area contributed by atoms with E-state index in [2.05, 4.69) is 65.1 Å². The summed E-state index contributed by atoms with van der Waals surface area (Å²) in [6.07, 6.45) is 1.98. The summed E-state index contributed by atoms with van der Waals surface area (Å²) in [4.78, 5) is 54.2. The number of ketones is 2. The van der Waals surface area contributed by atoms with Gasteiger partial charge in [0.05, 0.1) is 14.2 Å². The number of carboxylic acid groups (broad SMARTS) is 1. The highest BCUT2D eigenvalue weighted by Gasteiger charge is 2.26. The van der Waals surface area contributed by atoms with E-state index >= 15 is 0 Å². The number of carbonyl (C=O) groups excluding carboxylic acids is 4. The van der Waals surface area contributed by atoms with Crippen LogP contribution >= 0.6 is 0 Å². The van der Waals surface area contributed by atoms with Crippen molar-refractivity contribution in [2.75, 3.05) is 14.2 Å². The van der Waals surface area contributed by atoms with Crippen LogP contribution in [-0.2, 0) is 36.6 Å². The van der Waals surface area contributed by atoms with Gasteiger partial charge in [-0.25, -0.2) is 9.59 Å². The number of benzene rings is 8. The van der Waals surface area contributed by atoms with Crippen molar-refractivity contribution in [1.29, 1.82) is 0 Å². The summed E-state index contributed by atoms with van der Waals surface area (Å²) in [5.41, 5.74) is 9.69. The molecular weight excluding hydrogens is 993 g/mol. The molecule has 0 fully saturated rings. The van der Waals surface area contributed by atoms with E-state index in [1.54, 1.807) is 50.6 Å². The average Bonchev–Trinajstić information content (AvgIpc) is 3.48. The summed E-state index contributed by atoms with van der Waals surface area (Å²) in [6, 6.07) is 59.7. The van der Waals surface area contributed by atoms with E-state index < -0.39 is 11.9 Å². The Labute approximate surface area is 463 Å². The summed E-state index contributed by atoms with van der Waals surface area (Å²) >= 11 is 0. The highest BCUT2D eigenvalue weighted by molar-refractivity contribution is 6.09. The predicted octanol–water partition coefficient (Wildman–Crippen LogP) is 15.0. The first-order valence-corrected chi connectivity index (χ1v) is 25.1. The van der Waals surface area contributed by atoms with Gasteiger partial charge in [-0.2, -0.15) is 0 Å². The molecule has 0 bridgehead atoms. The van der Waals surface area contributed by atoms with Gasteiger partial charge >= 0.3 is 11.9 Å². The molecule has 0 aromatic heterocycles. The normalized spacial score (nSPS) is 10.5. The number of hydrogen-bond acceptors (Lipinski definition) is 10. The van der Waals surface area contributed by atoms with E-state index in [0.717, 1.165) is 51.5 Å². The monoisotopic (exact) mass is 1060 g/mol. The standard InChI is InChI=1S/C34H32O5.C30H28O3.C3H4O2.CH2O/c1-6-32(35)38-22-26-21-28(15-20-31(26)37-5)34(3,4)27-13-18-30(19-14-27)39-29-16-11-25(12-17-29)33(36)24-9-7-23(2)8-10-24;1-21-5-7-22(8-6-21)29(31)23-9-15-27(16-10-23)33-28-19-13-25(14-20-28)30(2,3)24-11-17-26(32-4)18-12-24;1-2-3(4)5;1-2/h6-21H,1,22H2,2-5H3;5-20H,1-4H3;2H,1H2,(H,4,5);1H2. The van der Waals surface area contributed by atoms with Crippen molar-refractivity contribution in [1.82, 2.24) is 0 Å². The second-order valence-electron chi connectivity index (χ2n) is 19.1. The number of hydrogen-bond donors (Lipinski definition) is 1. The number of rotatable bonds is 18. The molecule has 8 aromatic rings. The van der Waals surface area contributed by atoms with Gasteiger partial charge in [-0.3, -0.25) is 9.59 Å². The molecular formula is C68H66O11. The van der Waals surface area contributed by atoms with Crippen molar-refractivity contribution in [3.8, 4) is 34.5 Å². The van der Waals surface area contributed by atoms with Crippen LogP contribution < -0.4 is 18.9 Å². The van der Waals surface area contributed by atoms with E-state index in [1.165, 1.54) is 11.1 Å². The average molecular weight is 1060 g/mol. The number of aliphatic carboxylic acids is 1. The van der Waals surface area contributed by atoms with Crippen LogP contribution in [-0.4, -0.2) is 49.6 Å². The molecule has 11 heteroatoms. The molecule has 0 saturated carbocycles. The summed E-state index contributed by atoms with van der Waals surface area (Å²) in [5, 5.41) is 7.60. The Bertz CT molecular complexity index is 3300. The van der Waals surface area contributed by atoms with Crippen molar-refractivity contribution in [2.24, 2.45) is 0 Å². The summed E-state index contributed by atoms with van der Waals surface area (Å²) in [7, 11) is 3.27. The zero-order chi connectivity index (χ0) is 57.7. The lowest BCUT2D eigenvalue weighted by molar-refractivity contribution is -0.139. The van der Waals surface area contributed by atoms with Crippen molar-refractivity contribution in [3.63, 3.8) is 0 Å². The van der Waals surface area contributed by atoms with E-state index in [-0.39, 0.29) is 29.0 Å². The molecule has 11 nitrogen and oxygen atoms in total. The molecule has 0 unspecified atom stereocenters. The van der Waals surface area contributed by atoms with Gasteiger partial charge < -0.3 is 33.6 Å². The van der Waals surface area contributed by atoms with E-state index in [1.807, 2.05) is 148 Å². The summed E-state index contributed by atoms with van der Waals surface area (Å²) < 4.78 is 28.0. The fraction of sp³-hybridized carbons (Fsp3) is 0.162. The number of methoxy groups -OCH3 is 2. The minimum atomic E-state index is -0.981. The molecule has 404 valence electrons. The van der Waals surface area contributed by atoms with Gasteiger partial charge in [0.25, 0.3) is 0 Å². The lowest BCUT2D eigenvalue weighted by atomic mass is 9.77. The molecule has 0 atom stereocenters. The van der Waals surface area contributed by atoms with Crippen molar-refractivity contribution in [3.05, 3.63) is 275 Å². The van der Waals surface area contributed by atoms with Gasteiger partial charge in [0, 0.05) is 50.8 Å². The lowest BCUT2D eigenvalue weighted by Gasteiger charge is -2.27. The van der Waals surface area contributed by atoms with Crippen LogP contribution in [0.3, 0.4) is 0 Å². The maximum absolute atomic E-state index is 12.7. The van der Waals surface area contributed by atoms with Crippen molar-refractivity contribution < 1.29 is 52.8 Å². The Balaban J connectivity index is 0.000000263. The van der Waals surface area contributed by atoms with Crippen molar-refractivity contribution >= 4 is 30.3 Å². The number of esters is 1. The first-order chi connectivity index (χ1) is 37.8. The number of ether oxygens (including phenoxy) is 5. The van der Waals surface area contributed by atoms with Crippen LogP contribution in [0.25, 0.3) is 0 Å². The molecule has 8 rings (SSSR count). The van der Waals surface area contributed by atoms with E-state index in [0.29, 0.717) is 45.3 Å². The van der Waals surface area contributed by atoms with Crippen molar-refractivity contribution in [2.45, 2.75) is 59.0 Å². The molecule has 8 aromatic carbocycles. The molecule has 0 radical (unpaired) electrons. The summed E-state index contributed by atoms with van der Waals surface area (Å²) in [5.74, 6) is 2.82. The van der Waals surface area contributed by atoms with Gasteiger partial charge in [0.2, 0.25) is 0 Å². The highest BCUT2D eigenvalue weighted by atomic mass is 16.5. The quantitative estimate of drug-likeness (QED) is 0.0496. The molecule has 1 N–H and O–H groups in total.